The normalized spacial score (nSPS) is 22.1. The molecule has 1 aromatic heterocycles. The van der Waals surface area contributed by atoms with Crippen molar-refractivity contribution in [2.45, 2.75) is 24.3 Å². The van der Waals surface area contributed by atoms with E-state index in [2.05, 4.69) is 4.98 Å². The number of pyridine rings is 1. The van der Waals surface area contributed by atoms with Gasteiger partial charge in [-0.3, -0.25) is 0 Å². The van der Waals surface area contributed by atoms with Crippen molar-refractivity contribution in [1.29, 1.82) is 5.26 Å². The molecule has 1 fully saturated rings. The van der Waals surface area contributed by atoms with Crippen molar-refractivity contribution in [3.63, 3.8) is 0 Å². The van der Waals surface area contributed by atoms with Gasteiger partial charge in [0.25, 0.3) is 0 Å². The van der Waals surface area contributed by atoms with Crippen LogP contribution in [0.15, 0.2) is 23.2 Å². The van der Waals surface area contributed by atoms with E-state index >= 15 is 0 Å². The standard InChI is InChI=1S/C12H15N3O3S/c1-9(16)10-4-6-15(8-10)19(17,18)12-3-2-5-14-11(12)7-13/h2-3,5,9-10,16H,4,6,8H2,1H3. The largest absolute Gasteiger partial charge is 0.393 e. The van der Waals surface area contributed by atoms with Crippen molar-refractivity contribution >= 4 is 10.0 Å². The molecule has 0 saturated carbocycles. The number of hydrogen-bond donors (Lipinski definition) is 1. The number of aliphatic hydroxyl groups excluding tert-OH is 1. The van der Waals surface area contributed by atoms with E-state index in [1.807, 2.05) is 0 Å². The van der Waals surface area contributed by atoms with E-state index < -0.39 is 16.1 Å². The maximum atomic E-state index is 12.4. The Bertz CT molecular complexity index is 607. The summed E-state index contributed by atoms with van der Waals surface area (Å²) in [5.41, 5.74) is -0.0944. The van der Waals surface area contributed by atoms with E-state index in [1.54, 1.807) is 13.0 Å². The first-order chi connectivity index (χ1) is 8.96. The molecule has 2 heterocycles. The lowest BCUT2D eigenvalue weighted by atomic mass is 10.0. The molecule has 1 N–H and O–H groups in total. The molecule has 0 amide bonds. The van der Waals surface area contributed by atoms with Crippen molar-refractivity contribution < 1.29 is 13.5 Å². The lowest BCUT2D eigenvalue weighted by Crippen LogP contribution is -2.31. The van der Waals surface area contributed by atoms with Gasteiger partial charge in [-0.2, -0.15) is 9.57 Å². The second kappa shape index (κ2) is 5.25. The Labute approximate surface area is 112 Å². The molecule has 0 radical (unpaired) electrons. The van der Waals surface area contributed by atoms with Crippen LogP contribution in [0.1, 0.15) is 19.0 Å². The Balaban J connectivity index is 2.32. The molecule has 1 aliphatic rings. The summed E-state index contributed by atoms with van der Waals surface area (Å²) in [5, 5.41) is 18.5. The Hall–Kier alpha value is -1.49. The molecule has 0 spiro atoms. The van der Waals surface area contributed by atoms with Gasteiger partial charge in [-0.05, 0) is 31.4 Å². The van der Waals surface area contributed by atoms with Crippen LogP contribution < -0.4 is 0 Å². The minimum Gasteiger partial charge on any atom is -0.393 e. The molecule has 2 unspecified atom stereocenters. The summed E-state index contributed by atoms with van der Waals surface area (Å²) in [6.45, 7) is 2.29. The van der Waals surface area contributed by atoms with Crippen molar-refractivity contribution in [1.82, 2.24) is 9.29 Å². The van der Waals surface area contributed by atoms with Gasteiger partial charge in [0.15, 0.2) is 5.69 Å². The number of rotatable bonds is 3. The molecule has 0 bridgehead atoms. The number of aliphatic hydroxyl groups is 1. The van der Waals surface area contributed by atoms with E-state index in [0.717, 1.165) is 0 Å². The summed E-state index contributed by atoms with van der Waals surface area (Å²) in [6, 6.07) is 4.67. The van der Waals surface area contributed by atoms with Gasteiger partial charge in [-0.15, -0.1) is 0 Å². The fraction of sp³-hybridized carbons (Fsp3) is 0.500. The van der Waals surface area contributed by atoms with E-state index in [-0.39, 0.29) is 23.1 Å². The lowest BCUT2D eigenvalue weighted by Gasteiger charge is -2.17. The maximum Gasteiger partial charge on any atom is 0.245 e. The average Bonchev–Trinajstić information content (AvgIpc) is 2.89. The topological polar surface area (TPSA) is 94.3 Å². The minimum atomic E-state index is -3.71. The summed E-state index contributed by atoms with van der Waals surface area (Å²) in [6.07, 6.45) is 1.48. The van der Waals surface area contributed by atoms with Crippen molar-refractivity contribution in [3.05, 3.63) is 24.0 Å². The zero-order valence-corrected chi connectivity index (χ0v) is 11.3. The molecule has 0 aliphatic carbocycles. The minimum absolute atomic E-state index is 0.0583. The molecule has 0 aromatic carbocycles. The van der Waals surface area contributed by atoms with Gasteiger partial charge in [0, 0.05) is 19.3 Å². The Kier molecular flexibility index (Phi) is 3.85. The lowest BCUT2D eigenvalue weighted by molar-refractivity contribution is 0.133. The first-order valence-corrected chi connectivity index (χ1v) is 7.44. The first kappa shape index (κ1) is 13.9. The van der Waals surface area contributed by atoms with Crippen LogP contribution in [-0.2, 0) is 10.0 Å². The van der Waals surface area contributed by atoms with Gasteiger partial charge in [0.2, 0.25) is 10.0 Å². The second-order valence-corrected chi connectivity index (χ2v) is 6.52. The predicted octanol–water partition coefficient (Wildman–Crippen LogP) is 0.345. The van der Waals surface area contributed by atoms with Crippen molar-refractivity contribution in [3.8, 4) is 6.07 Å². The average molecular weight is 281 g/mol. The molecule has 19 heavy (non-hydrogen) atoms. The van der Waals surface area contributed by atoms with Crippen LogP contribution in [0.3, 0.4) is 0 Å². The number of aromatic nitrogens is 1. The number of sulfonamides is 1. The van der Waals surface area contributed by atoms with Crippen molar-refractivity contribution in [2.24, 2.45) is 5.92 Å². The summed E-state index contributed by atoms with van der Waals surface area (Å²) < 4.78 is 26.2. The monoisotopic (exact) mass is 281 g/mol. The zero-order chi connectivity index (χ0) is 14.0. The van der Waals surface area contributed by atoms with Crippen LogP contribution in [-0.4, -0.2) is 42.0 Å². The Morgan fingerprint density at radius 3 is 2.95 bits per heavy atom. The molecule has 2 atom stereocenters. The van der Waals surface area contributed by atoms with Gasteiger partial charge in [-0.25, -0.2) is 13.4 Å². The zero-order valence-electron chi connectivity index (χ0n) is 10.5. The summed E-state index contributed by atoms with van der Waals surface area (Å²) in [7, 11) is -3.71. The van der Waals surface area contributed by atoms with E-state index in [1.165, 1.54) is 22.6 Å². The fourth-order valence-electron chi connectivity index (χ4n) is 2.19. The molecule has 1 aromatic rings. The first-order valence-electron chi connectivity index (χ1n) is 6.00. The smallest absolute Gasteiger partial charge is 0.245 e. The SMILES string of the molecule is CC(O)C1CCN(S(=O)(=O)c2cccnc2C#N)C1. The van der Waals surface area contributed by atoms with Crippen molar-refractivity contribution in [2.75, 3.05) is 13.1 Å². The summed E-state index contributed by atoms with van der Waals surface area (Å²) in [4.78, 5) is 3.71. The van der Waals surface area contributed by atoms with Crippen LogP contribution >= 0.6 is 0 Å². The van der Waals surface area contributed by atoms with Gasteiger partial charge in [0.1, 0.15) is 11.0 Å². The van der Waals surface area contributed by atoms with Gasteiger partial charge >= 0.3 is 0 Å². The summed E-state index contributed by atoms with van der Waals surface area (Å²) in [5.74, 6) is -0.0583. The van der Waals surface area contributed by atoms with Crippen LogP contribution in [0.25, 0.3) is 0 Å². The Morgan fingerprint density at radius 1 is 1.63 bits per heavy atom. The molecule has 6 nitrogen and oxygen atoms in total. The summed E-state index contributed by atoms with van der Waals surface area (Å²) >= 11 is 0. The highest BCUT2D eigenvalue weighted by atomic mass is 32.2. The van der Waals surface area contributed by atoms with Crippen LogP contribution in [0, 0.1) is 17.2 Å². The quantitative estimate of drug-likeness (QED) is 0.862. The third-order valence-corrected chi connectivity index (χ3v) is 5.26. The Morgan fingerprint density at radius 2 is 2.37 bits per heavy atom. The third kappa shape index (κ3) is 2.61. The van der Waals surface area contributed by atoms with E-state index in [9.17, 15) is 13.5 Å². The highest BCUT2D eigenvalue weighted by Crippen LogP contribution is 2.26. The molecule has 1 saturated heterocycles. The number of nitrogens with zero attached hydrogens (tertiary/aromatic N) is 3. The van der Waals surface area contributed by atoms with Gasteiger partial charge < -0.3 is 5.11 Å². The highest BCUT2D eigenvalue weighted by Gasteiger charge is 2.35. The number of nitriles is 1. The van der Waals surface area contributed by atoms with Crippen LogP contribution in [0.4, 0.5) is 0 Å². The fourth-order valence-corrected chi connectivity index (χ4v) is 3.79. The highest BCUT2D eigenvalue weighted by molar-refractivity contribution is 7.89. The molecule has 2 rings (SSSR count). The van der Waals surface area contributed by atoms with E-state index in [4.69, 9.17) is 5.26 Å². The molecular weight excluding hydrogens is 266 g/mol. The second-order valence-electron chi connectivity index (χ2n) is 4.61. The molecule has 1 aliphatic heterocycles. The molecular formula is C12H15N3O3S. The molecule has 102 valence electrons. The maximum absolute atomic E-state index is 12.4. The van der Waals surface area contributed by atoms with Gasteiger partial charge in [0.05, 0.1) is 6.10 Å². The van der Waals surface area contributed by atoms with Gasteiger partial charge in [-0.1, -0.05) is 0 Å². The van der Waals surface area contributed by atoms with E-state index in [0.29, 0.717) is 13.0 Å². The van der Waals surface area contributed by atoms with Crippen LogP contribution in [0.5, 0.6) is 0 Å². The number of hydrogen-bond acceptors (Lipinski definition) is 5. The predicted molar refractivity (Wildman–Crippen MR) is 67.5 cm³/mol. The third-order valence-electron chi connectivity index (χ3n) is 3.36. The van der Waals surface area contributed by atoms with Crippen LogP contribution in [0.2, 0.25) is 0 Å². The molecule has 7 heteroatoms.